The van der Waals surface area contributed by atoms with Crippen molar-refractivity contribution >= 4 is 17.0 Å². The van der Waals surface area contributed by atoms with Crippen LogP contribution in [0.3, 0.4) is 0 Å². The fourth-order valence-corrected chi connectivity index (χ4v) is 2.25. The normalized spacial score (nSPS) is 16.9. The number of aryl methyl sites for hydroxylation is 1. The molecule has 0 amide bonds. The molecule has 3 heterocycles. The Balaban J connectivity index is 1.62. The second-order valence-electron chi connectivity index (χ2n) is 4.65. The van der Waals surface area contributed by atoms with Crippen LogP contribution in [0.5, 0.6) is 0 Å². The van der Waals surface area contributed by atoms with Gasteiger partial charge in [0, 0.05) is 7.05 Å². The Morgan fingerprint density at radius 3 is 3.05 bits per heavy atom. The third-order valence-electron chi connectivity index (χ3n) is 3.36. The molecule has 0 radical (unpaired) electrons. The minimum atomic E-state index is 0.724. The zero-order valence-electron chi connectivity index (χ0n) is 11.0. The van der Waals surface area contributed by atoms with Gasteiger partial charge in [-0.05, 0) is 0 Å². The molecule has 2 aromatic heterocycles. The summed E-state index contributed by atoms with van der Waals surface area (Å²) in [6, 6.07) is 0. The van der Waals surface area contributed by atoms with E-state index in [2.05, 4.69) is 25.6 Å². The van der Waals surface area contributed by atoms with E-state index in [1.54, 1.807) is 9.58 Å². The van der Waals surface area contributed by atoms with Crippen molar-refractivity contribution in [2.24, 2.45) is 7.05 Å². The maximum Gasteiger partial charge on any atom is 0.183 e. The van der Waals surface area contributed by atoms with Crippen molar-refractivity contribution in [3.8, 4) is 0 Å². The second kappa shape index (κ2) is 5.45. The highest BCUT2D eigenvalue weighted by Crippen LogP contribution is 2.13. The van der Waals surface area contributed by atoms with Gasteiger partial charge in [0.15, 0.2) is 17.0 Å². The molecule has 0 bridgehead atoms. The van der Waals surface area contributed by atoms with E-state index in [4.69, 9.17) is 4.74 Å². The van der Waals surface area contributed by atoms with E-state index in [9.17, 15) is 0 Å². The number of hydrogen-bond donors (Lipinski definition) is 2. The number of hydrogen-bond acceptors (Lipinski definition) is 6. The first-order valence-electron chi connectivity index (χ1n) is 6.50. The lowest BCUT2D eigenvalue weighted by Crippen LogP contribution is -3.14. The Morgan fingerprint density at radius 1 is 1.37 bits per heavy atom. The molecule has 8 nitrogen and oxygen atoms in total. The van der Waals surface area contributed by atoms with Gasteiger partial charge in [-0.2, -0.15) is 0 Å². The van der Waals surface area contributed by atoms with Crippen LogP contribution in [-0.2, 0) is 11.8 Å². The maximum atomic E-state index is 5.34. The summed E-state index contributed by atoms with van der Waals surface area (Å²) in [7, 11) is 1.82. The van der Waals surface area contributed by atoms with Gasteiger partial charge in [-0.3, -0.25) is 0 Å². The summed E-state index contributed by atoms with van der Waals surface area (Å²) in [6.07, 6.45) is 1.54. The van der Waals surface area contributed by atoms with Crippen LogP contribution in [0.15, 0.2) is 6.33 Å². The van der Waals surface area contributed by atoms with Gasteiger partial charge in [0.1, 0.15) is 19.4 Å². The summed E-state index contributed by atoms with van der Waals surface area (Å²) in [5.41, 5.74) is 1.47. The summed E-state index contributed by atoms with van der Waals surface area (Å²) in [5, 5.41) is 11.4. The molecular formula is C11H18N7O+. The first kappa shape index (κ1) is 12.2. The van der Waals surface area contributed by atoms with Gasteiger partial charge in [-0.15, -0.1) is 5.10 Å². The second-order valence-corrected chi connectivity index (χ2v) is 4.65. The van der Waals surface area contributed by atoms with Crippen molar-refractivity contribution in [2.75, 3.05) is 44.7 Å². The predicted molar refractivity (Wildman–Crippen MR) is 69.0 cm³/mol. The molecule has 0 atom stereocenters. The first-order valence-corrected chi connectivity index (χ1v) is 6.50. The molecule has 102 valence electrons. The Labute approximate surface area is 110 Å². The molecule has 1 aliphatic rings. The van der Waals surface area contributed by atoms with Gasteiger partial charge >= 0.3 is 0 Å². The predicted octanol–water partition coefficient (Wildman–Crippen LogP) is -1.91. The highest BCUT2D eigenvalue weighted by Gasteiger charge is 2.14. The Kier molecular flexibility index (Phi) is 3.51. The molecule has 0 aromatic carbocycles. The lowest BCUT2D eigenvalue weighted by Gasteiger charge is -2.23. The third-order valence-corrected chi connectivity index (χ3v) is 3.36. The number of ether oxygens (including phenoxy) is 1. The Morgan fingerprint density at radius 2 is 2.21 bits per heavy atom. The summed E-state index contributed by atoms with van der Waals surface area (Å²) in [5.74, 6) is 0.755. The summed E-state index contributed by atoms with van der Waals surface area (Å²) < 4.78 is 6.99. The largest absolute Gasteiger partial charge is 0.370 e. The molecule has 3 rings (SSSR count). The van der Waals surface area contributed by atoms with E-state index in [1.807, 2.05) is 7.05 Å². The molecule has 0 spiro atoms. The zero-order valence-corrected chi connectivity index (χ0v) is 11.0. The van der Waals surface area contributed by atoms with Gasteiger partial charge in [0.25, 0.3) is 0 Å². The van der Waals surface area contributed by atoms with E-state index in [0.717, 1.165) is 56.4 Å². The van der Waals surface area contributed by atoms with Crippen LogP contribution in [0.4, 0.5) is 5.82 Å². The van der Waals surface area contributed by atoms with Crippen molar-refractivity contribution in [1.29, 1.82) is 0 Å². The molecule has 0 aliphatic carbocycles. The maximum absolute atomic E-state index is 5.34. The van der Waals surface area contributed by atoms with Gasteiger partial charge in [-0.25, -0.2) is 14.6 Å². The van der Waals surface area contributed by atoms with Crippen molar-refractivity contribution in [3.63, 3.8) is 0 Å². The van der Waals surface area contributed by atoms with Crippen LogP contribution >= 0.6 is 0 Å². The van der Waals surface area contributed by atoms with Crippen LogP contribution in [0, 0.1) is 0 Å². The monoisotopic (exact) mass is 264 g/mol. The van der Waals surface area contributed by atoms with E-state index in [0.29, 0.717) is 0 Å². The molecule has 8 heteroatoms. The van der Waals surface area contributed by atoms with Crippen LogP contribution in [0.1, 0.15) is 0 Å². The van der Waals surface area contributed by atoms with Crippen LogP contribution in [-0.4, -0.2) is 64.4 Å². The quantitative estimate of drug-likeness (QED) is 0.670. The van der Waals surface area contributed by atoms with Gasteiger partial charge in [0.05, 0.1) is 26.3 Å². The lowest BCUT2D eigenvalue weighted by atomic mass is 10.4. The topological polar surface area (TPSA) is 82.2 Å². The van der Waals surface area contributed by atoms with Crippen molar-refractivity contribution in [1.82, 2.24) is 25.0 Å². The number of rotatable bonds is 4. The zero-order chi connectivity index (χ0) is 13.1. The van der Waals surface area contributed by atoms with Crippen molar-refractivity contribution in [3.05, 3.63) is 6.33 Å². The summed E-state index contributed by atoms with van der Waals surface area (Å²) in [4.78, 5) is 9.95. The molecule has 19 heavy (non-hydrogen) atoms. The van der Waals surface area contributed by atoms with E-state index in [-0.39, 0.29) is 0 Å². The number of fused-ring (bicyclic) bond motifs is 1. The molecule has 0 saturated carbocycles. The third kappa shape index (κ3) is 2.64. The molecule has 2 aromatic rings. The van der Waals surface area contributed by atoms with Crippen LogP contribution in [0.25, 0.3) is 11.2 Å². The SMILES string of the molecule is Cn1nnc2c(NCC[NH+]3CCOCC3)ncnc21. The minimum Gasteiger partial charge on any atom is -0.370 e. The fourth-order valence-electron chi connectivity index (χ4n) is 2.25. The molecular weight excluding hydrogens is 246 g/mol. The molecule has 1 aliphatic heterocycles. The standard InChI is InChI=1S/C11H17N7O/c1-17-11-9(15-16-17)10(13-8-14-11)12-2-3-18-4-6-19-7-5-18/h8H,2-7H2,1H3,(H,12,13,14)/p+1. The Hall–Kier alpha value is -1.80. The molecule has 1 fully saturated rings. The first-order chi connectivity index (χ1) is 9.34. The fraction of sp³-hybridized carbons (Fsp3) is 0.636. The molecule has 1 saturated heterocycles. The lowest BCUT2D eigenvalue weighted by molar-refractivity contribution is -0.906. The number of morpholine rings is 1. The molecule has 2 N–H and O–H groups in total. The number of quaternary nitrogens is 1. The average Bonchev–Trinajstić information content (AvgIpc) is 2.83. The number of nitrogens with zero attached hydrogens (tertiary/aromatic N) is 5. The number of anilines is 1. The van der Waals surface area contributed by atoms with E-state index in [1.165, 1.54) is 6.33 Å². The average molecular weight is 264 g/mol. The van der Waals surface area contributed by atoms with E-state index < -0.39 is 0 Å². The highest BCUT2D eigenvalue weighted by atomic mass is 16.5. The number of nitrogens with one attached hydrogen (secondary N) is 2. The van der Waals surface area contributed by atoms with Gasteiger partial charge < -0.3 is 15.0 Å². The van der Waals surface area contributed by atoms with Gasteiger partial charge in [0.2, 0.25) is 0 Å². The van der Waals surface area contributed by atoms with Gasteiger partial charge in [-0.1, -0.05) is 5.21 Å². The molecule has 0 unspecified atom stereocenters. The van der Waals surface area contributed by atoms with Crippen LogP contribution in [0.2, 0.25) is 0 Å². The van der Waals surface area contributed by atoms with Crippen LogP contribution < -0.4 is 10.2 Å². The van der Waals surface area contributed by atoms with Crippen molar-refractivity contribution < 1.29 is 9.64 Å². The smallest absolute Gasteiger partial charge is 0.183 e. The van der Waals surface area contributed by atoms with E-state index >= 15 is 0 Å². The number of aromatic nitrogens is 5. The Bertz CT molecular complexity index is 549. The summed E-state index contributed by atoms with van der Waals surface area (Å²) in [6.45, 7) is 5.78. The highest BCUT2D eigenvalue weighted by molar-refractivity contribution is 5.81. The summed E-state index contributed by atoms with van der Waals surface area (Å²) >= 11 is 0. The van der Waals surface area contributed by atoms with Crippen molar-refractivity contribution in [2.45, 2.75) is 0 Å². The minimum absolute atomic E-state index is 0.724.